The van der Waals surface area contributed by atoms with Crippen molar-refractivity contribution in [3.63, 3.8) is 0 Å². The third-order valence-corrected chi connectivity index (χ3v) is 18.2. The first-order chi connectivity index (χ1) is 56.2. The number of unbranched alkanes of at least 4 members (excludes halogenated alkanes) is 1. The summed E-state index contributed by atoms with van der Waals surface area (Å²) in [5.41, 5.74) is 7.64. The van der Waals surface area contributed by atoms with E-state index >= 15 is 0 Å². The van der Waals surface area contributed by atoms with Gasteiger partial charge in [-0.2, -0.15) is 28.8 Å². The van der Waals surface area contributed by atoms with Gasteiger partial charge in [0, 0.05) is 73.4 Å². The van der Waals surface area contributed by atoms with E-state index in [1.165, 1.54) is 48.6 Å². The van der Waals surface area contributed by atoms with Crippen LogP contribution in [-0.4, -0.2) is 168 Å². The monoisotopic (exact) mass is 1650 g/mol. The van der Waals surface area contributed by atoms with Crippen LogP contribution in [0.5, 0.6) is 69.0 Å². The van der Waals surface area contributed by atoms with Gasteiger partial charge in [0.2, 0.25) is 0 Å². The summed E-state index contributed by atoms with van der Waals surface area (Å²) in [4.78, 5) is 81.8. The summed E-state index contributed by atoms with van der Waals surface area (Å²) < 4.78 is 72.3. The van der Waals surface area contributed by atoms with E-state index in [9.17, 15) is 29.7 Å². The molecule has 0 radical (unpaired) electrons. The van der Waals surface area contributed by atoms with Gasteiger partial charge in [-0.05, 0) is 149 Å². The quantitative estimate of drug-likeness (QED) is 0.00810. The minimum atomic E-state index is -2.61. The highest BCUT2D eigenvalue weighted by Crippen LogP contribution is 2.35. The molecule has 642 valence electrons. The summed E-state index contributed by atoms with van der Waals surface area (Å²) in [6.07, 6.45) is 17.5. The molecule has 0 amide bonds. The summed E-state index contributed by atoms with van der Waals surface area (Å²) in [6.45, 7) is 47.0. The number of carboxylic acids is 1. The number of hydrogen-bond donors (Lipinski definition) is 7. The Hall–Kier alpha value is -12.1. The van der Waals surface area contributed by atoms with E-state index in [0.717, 1.165) is 104 Å². The number of ether oxygens (including phenoxy) is 10. The van der Waals surface area contributed by atoms with Gasteiger partial charge < -0.3 is 96.4 Å². The minimum absolute atomic E-state index is 0.0508. The standard InChI is InChI=1S/C23H42O5Si.C16H22O2.C15H18O4.C14H18O4.C9H10O4.C7H6O4.3CO2/c1-7-13-15-24-22-19-23(21(9-3)18-20(22)8-2)25-16-14-17-29(26-10-4,27-11-5)28-12-6;1-5-9-17-15-12-16(18-10-6-2)14(8-4)11-13(15)7-3;1-5-7-18-13-10-14(19-8-6-2)12(9-11(13)3)15(16)17-4;1-3-5-17-13-8-14(18-6-4-2)12(10-16)7-11(13)9-15;1-5-3-6(9(12)13-2)8(11)4-7(5)10;8-4-1-2-5(7(10)11)6(9)3-4;3*2-1-3/h18-19H,7-17H2,1-6H3;5-6,11-12H,1-2,7-10H2,3-4H3;5-6,9-10H,1-2,7-8H2,3-4H3;3-4,7-8,15-16H,1-2,5-6,9-10H2;3-4,10-11H,1-2H3;1-3,8-9H,(H,10,11);;;. The Morgan fingerprint density at radius 2 is 0.701 bits per heavy atom. The molecule has 0 aliphatic heterocycles. The van der Waals surface area contributed by atoms with Crippen LogP contribution in [0.15, 0.2) is 155 Å². The first-order valence-corrected chi connectivity index (χ1v) is 39.0. The Morgan fingerprint density at radius 3 is 1.03 bits per heavy atom. The average molecular weight is 1650 g/mol. The number of phenols is 4. The largest absolute Gasteiger partial charge is 0.508 e. The molecule has 0 bridgehead atoms. The number of aliphatic hydroxyl groups is 2. The fraction of sp³-hybridized carbons (Fsp3) is 0.379. The maximum Gasteiger partial charge on any atom is 0.501 e. The first-order valence-electron chi connectivity index (χ1n) is 37.0. The number of aromatic carboxylic acids is 1. The molecule has 0 saturated carbocycles. The van der Waals surface area contributed by atoms with Crippen LogP contribution in [0.2, 0.25) is 6.04 Å². The number of rotatable bonds is 42. The molecule has 7 N–H and O–H groups in total. The van der Waals surface area contributed by atoms with Crippen molar-refractivity contribution in [2.24, 2.45) is 0 Å². The van der Waals surface area contributed by atoms with Gasteiger partial charge in [0.1, 0.15) is 125 Å². The van der Waals surface area contributed by atoms with E-state index < -0.39 is 32.5 Å². The number of methoxy groups -OCH3 is 2. The zero-order valence-electron chi connectivity index (χ0n) is 69.2. The molecule has 6 rings (SSSR count). The molecule has 0 saturated heterocycles. The molecular weight excluding hydrogens is 1540 g/mol. The average Bonchev–Trinajstić information content (AvgIpc) is 0.867. The third-order valence-electron chi connectivity index (χ3n) is 15.1. The Bertz CT molecular complexity index is 3860. The van der Waals surface area contributed by atoms with Crippen molar-refractivity contribution in [2.75, 3.05) is 86.9 Å². The van der Waals surface area contributed by atoms with Crippen molar-refractivity contribution >= 4 is 45.2 Å². The van der Waals surface area contributed by atoms with Gasteiger partial charge in [0.25, 0.3) is 0 Å². The van der Waals surface area contributed by atoms with Crippen molar-refractivity contribution in [3.8, 4) is 69.0 Å². The Labute approximate surface area is 686 Å². The molecular formula is C87H116O29Si. The highest BCUT2D eigenvalue weighted by Gasteiger charge is 2.40. The van der Waals surface area contributed by atoms with Crippen LogP contribution in [0.25, 0.3) is 0 Å². The predicted molar refractivity (Wildman–Crippen MR) is 439 cm³/mol. The molecule has 0 aliphatic carbocycles. The number of aromatic hydroxyl groups is 4. The fourth-order valence-corrected chi connectivity index (χ4v) is 12.3. The molecule has 29 nitrogen and oxygen atoms in total. The molecule has 0 aliphatic rings. The van der Waals surface area contributed by atoms with Crippen molar-refractivity contribution in [3.05, 3.63) is 216 Å². The fourth-order valence-electron chi connectivity index (χ4n) is 9.69. The lowest BCUT2D eigenvalue weighted by Crippen LogP contribution is -2.46. The van der Waals surface area contributed by atoms with Gasteiger partial charge in [-0.3, -0.25) is 0 Å². The van der Waals surface area contributed by atoms with E-state index in [-0.39, 0.29) is 60.0 Å². The number of aryl methyl sites for hydroxylation is 6. The number of esters is 2. The lowest BCUT2D eigenvalue weighted by molar-refractivity contribution is -0.193. The molecule has 30 heteroatoms. The molecule has 0 aromatic heterocycles. The summed E-state index contributed by atoms with van der Waals surface area (Å²) in [5, 5.41) is 63.0. The second kappa shape index (κ2) is 67.3. The molecule has 0 fully saturated rings. The van der Waals surface area contributed by atoms with Gasteiger partial charge in [0.15, 0.2) is 0 Å². The third kappa shape index (κ3) is 43.3. The van der Waals surface area contributed by atoms with Gasteiger partial charge in [-0.25, -0.2) is 14.4 Å². The van der Waals surface area contributed by atoms with Crippen LogP contribution in [0, 0.1) is 13.8 Å². The SMILES string of the molecule is C=CCOc1cc(OCC=C)c(C(=O)OC)cc1C.C=CCOc1cc(OCC=C)c(CC)cc1CC.C=CCOc1cc(OCC=C)c(CO)cc1CO.CCCCOc1cc(OCCC[Si](OCC)(OCC)OCC)c(CC)cc1CC.COC(=O)c1cc(C)c(O)cc1O.O=C(O)c1ccc(O)cc1O.O=C=O.O=C=O.O=C=O. The van der Waals surface area contributed by atoms with Crippen molar-refractivity contribution in [1.29, 1.82) is 0 Å². The topological polar surface area (TPSA) is 415 Å². The highest BCUT2D eigenvalue weighted by atomic mass is 28.4. The summed E-state index contributed by atoms with van der Waals surface area (Å²) in [7, 11) is -0.0512. The minimum Gasteiger partial charge on any atom is -0.508 e. The van der Waals surface area contributed by atoms with Crippen LogP contribution in [0.3, 0.4) is 0 Å². The van der Waals surface area contributed by atoms with E-state index in [0.29, 0.717) is 111 Å². The molecule has 0 atom stereocenters. The number of carbonyl (C=O) groups is 3. The van der Waals surface area contributed by atoms with E-state index in [2.05, 4.69) is 97.0 Å². The second-order valence-electron chi connectivity index (χ2n) is 23.2. The van der Waals surface area contributed by atoms with Gasteiger partial charge in [-0.1, -0.05) is 117 Å². The molecule has 0 heterocycles. The van der Waals surface area contributed by atoms with Crippen molar-refractivity contribution in [2.45, 2.75) is 133 Å². The maximum absolute atomic E-state index is 11.7. The number of carbonyl (C=O) groups excluding carboxylic acids is 8. The van der Waals surface area contributed by atoms with Gasteiger partial charge in [-0.15, -0.1) is 0 Å². The predicted octanol–water partition coefficient (Wildman–Crippen LogP) is 14.7. The Kier molecular flexibility index (Phi) is 62.7. The van der Waals surface area contributed by atoms with Crippen molar-refractivity contribution in [1.82, 2.24) is 0 Å². The van der Waals surface area contributed by atoms with E-state index in [4.69, 9.17) is 105 Å². The van der Waals surface area contributed by atoms with E-state index in [1.54, 1.807) is 67.6 Å². The Balaban J connectivity index is -0.00000133. The van der Waals surface area contributed by atoms with Gasteiger partial charge >= 0.3 is 45.2 Å². The lowest BCUT2D eigenvalue weighted by Gasteiger charge is -2.28. The van der Waals surface area contributed by atoms with Gasteiger partial charge in [0.05, 0.1) is 40.6 Å². The summed E-state index contributed by atoms with van der Waals surface area (Å²) in [6, 6.07) is 21.7. The smallest absolute Gasteiger partial charge is 0.501 e. The maximum atomic E-state index is 11.7. The highest BCUT2D eigenvalue weighted by molar-refractivity contribution is 6.60. The molecule has 0 spiro atoms. The molecule has 6 aromatic rings. The molecule has 6 aromatic carbocycles. The van der Waals surface area contributed by atoms with Crippen LogP contribution in [-0.2, 0) is 90.4 Å². The van der Waals surface area contributed by atoms with Crippen LogP contribution < -0.4 is 37.9 Å². The number of benzene rings is 6. The zero-order valence-corrected chi connectivity index (χ0v) is 70.2. The second-order valence-corrected chi connectivity index (χ2v) is 25.9. The number of carboxylic acid groups (broad SMARTS) is 1. The lowest BCUT2D eigenvalue weighted by atomic mass is 10.0. The number of phenolic OH excluding ortho intramolecular Hbond substituents is 3. The van der Waals surface area contributed by atoms with Crippen LogP contribution in [0.4, 0.5) is 0 Å². The Morgan fingerprint density at radius 1 is 0.385 bits per heavy atom. The summed E-state index contributed by atoms with van der Waals surface area (Å²) >= 11 is 0. The number of hydrogen-bond acceptors (Lipinski definition) is 28. The van der Waals surface area contributed by atoms with Crippen molar-refractivity contribution < 1.29 is 140 Å². The molecule has 0 unspecified atom stereocenters. The number of aliphatic hydroxyl groups excluding tert-OH is 2. The van der Waals surface area contributed by atoms with Crippen LogP contribution >= 0.6 is 0 Å². The molecule has 117 heavy (non-hydrogen) atoms. The van der Waals surface area contributed by atoms with E-state index in [1.807, 2.05) is 33.8 Å². The zero-order chi connectivity index (χ0) is 89.1. The van der Waals surface area contributed by atoms with Crippen LogP contribution in [0.1, 0.15) is 150 Å². The summed E-state index contributed by atoms with van der Waals surface area (Å²) in [5.74, 6) is 2.53. The normalized spacial score (nSPS) is 9.66. The first kappa shape index (κ1) is 109.